The minimum atomic E-state index is 0.179. The van der Waals surface area contributed by atoms with Crippen LogP contribution in [0.3, 0.4) is 0 Å². The van der Waals surface area contributed by atoms with Crippen molar-refractivity contribution in [3.8, 4) is 0 Å². The summed E-state index contributed by atoms with van der Waals surface area (Å²) in [6, 6.07) is 0. The monoisotopic (exact) mass is 240 g/mol. The molecule has 0 radical (unpaired) electrons. The molecule has 1 saturated heterocycles. The Morgan fingerprint density at radius 2 is 2.06 bits per heavy atom. The van der Waals surface area contributed by atoms with Crippen molar-refractivity contribution in [2.75, 3.05) is 33.2 Å². The third-order valence-electron chi connectivity index (χ3n) is 3.37. The van der Waals surface area contributed by atoms with Gasteiger partial charge in [-0.3, -0.25) is 4.79 Å². The third-order valence-corrected chi connectivity index (χ3v) is 3.37. The molecule has 1 rings (SSSR count). The highest BCUT2D eigenvalue weighted by atomic mass is 16.2. The molecule has 0 bridgehead atoms. The summed E-state index contributed by atoms with van der Waals surface area (Å²) in [7, 11) is 1.91. The molecular weight excluding hydrogens is 212 g/mol. The largest absolute Gasteiger partial charge is 0.346 e. The third kappa shape index (κ3) is 5.53. The van der Waals surface area contributed by atoms with E-state index >= 15 is 0 Å². The molecule has 1 fully saturated rings. The van der Waals surface area contributed by atoms with Gasteiger partial charge in [0.15, 0.2) is 0 Å². The average Bonchev–Trinajstić information content (AvgIpc) is 2.15. The molecule has 0 saturated carbocycles. The van der Waals surface area contributed by atoms with Gasteiger partial charge in [-0.2, -0.15) is 0 Å². The predicted octanol–water partition coefficient (Wildman–Crippen LogP) is 2.22. The highest BCUT2D eigenvalue weighted by Gasteiger charge is 2.24. The van der Waals surface area contributed by atoms with Gasteiger partial charge in [0, 0.05) is 33.6 Å². The van der Waals surface area contributed by atoms with Gasteiger partial charge < -0.3 is 9.80 Å². The molecule has 1 heterocycles. The van der Waals surface area contributed by atoms with Crippen molar-refractivity contribution < 1.29 is 4.79 Å². The van der Waals surface area contributed by atoms with Gasteiger partial charge in [0.05, 0.1) is 0 Å². The molecule has 0 unspecified atom stereocenters. The molecule has 17 heavy (non-hydrogen) atoms. The van der Waals surface area contributed by atoms with E-state index in [0.29, 0.717) is 11.3 Å². The zero-order valence-electron chi connectivity index (χ0n) is 12.1. The van der Waals surface area contributed by atoms with E-state index in [-0.39, 0.29) is 5.91 Å². The zero-order valence-corrected chi connectivity index (χ0v) is 12.1. The van der Waals surface area contributed by atoms with Crippen molar-refractivity contribution in [3.63, 3.8) is 0 Å². The van der Waals surface area contributed by atoms with Crippen LogP contribution in [0.5, 0.6) is 0 Å². The Balaban J connectivity index is 2.41. The van der Waals surface area contributed by atoms with E-state index < -0.39 is 0 Å². The minimum absolute atomic E-state index is 0.179. The molecule has 0 aliphatic carbocycles. The van der Waals surface area contributed by atoms with Crippen LogP contribution < -0.4 is 0 Å². The molecule has 100 valence electrons. The van der Waals surface area contributed by atoms with E-state index in [2.05, 4.69) is 25.7 Å². The Kier molecular flexibility index (Phi) is 4.99. The van der Waals surface area contributed by atoms with Gasteiger partial charge in [-0.15, -0.1) is 0 Å². The number of carbonyl (C=O) groups excluding carboxylic acids is 1. The van der Waals surface area contributed by atoms with Crippen LogP contribution in [-0.4, -0.2) is 48.9 Å². The Morgan fingerprint density at radius 1 is 1.41 bits per heavy atom. The standard InChI is InChI=1S/C14H28N2O/c1-12(17)15(5)9-13-7-6-8-16(10-13)11-14(2,3)4/h13H,6-11H2,1-5H3/t13-/m1/s1. The molecule has 3 nitrogen and oxygen atoms in total. The Hall–Kier alpha value is -0.570. The van der Waals surface area contributed by atoms with Crippen LogP contribution in [0, 0.1) is 11.3 Å². The lowest BCUT2D eigenvalue weighted by molar-refractivity contribution is -0.128. The van der Waals surface area contributed by atoms with Crippen molar-refractivity contribution in [2.24, 2.45) is 11.3 Å². The molecule has 1 aliphatic heterocycles. The van der Waals surface area contributed by atoms with Crippen LogP contribution in [0.15, 0.2) is 0 Å². The first kappa shape index (κ1) is 14.5. The maximum absolute atomic E-state index is 11.2. The topological polar surface area (TPSA) is 23.6 Å². The summed E-state index contributed by atoms with van der Waals surface area (Å²) in [6.07, 6.45) is 2.53. The van der Waals surface area contributed by atoms with Crippen LogP contribution in [0.4, 0.5) is 0 Å². The molecule has 1 atom stereocenters. The number of hydrogen-bond donors (Lipinski definition) is 0. The van der Waals surface area contributed by atoms with Crippen LogP contribution in [0.25, 0.3) is 0 Å². The normalized spacial score (nSPS) is 22.5. The summed E-state index contributed by atoms with van der Waals surface area (Å²) < 4.78 is 0. The molecule has 0 aromatic heterocycles. The fourth-order valence-corrected chi connectivity index (χ4v) is 2.63. The Morgan fingerprint density at radius 3 is 2.59 bits per heavy atom. The first-order valence-corrected chi connectivity index (χ1v) is 6.72. The fraction of sp³-hybridized carbons (Fsp3) is 0.929. The quantitative estimate of drug-likeness (QED) is 0.755. The van der Waals surface area contributed by atoms with Gasteiger partial charge in [0.2, 0.25) is 5.91 Å². The number of nitrogens with zero attached hydrogens (tertiary/aromatic N) is 2. The number of rotatable bonds is 3. The maximum Gasteiger partial charge on any atom is 0.219 e. The van der Waals surface area contributed by atoms with E-state index in [1.54, 1.807) is 6.92 Å². The van der Waals surface area contributed by atoms with Crippen LogP contribution >= 0.6 is 0 Å². The lowest BCUT2D eigenvalue weighted by Gasteiger charge is -2.37. The van der Waals surface area contributed by atoms with E-state index in [1.165, 1.54) is 19.4 Å². The summed E-state index contributed by atoms with van der Waals surface area (Å²) in [5.41, 5.74) is 0.369. The molecule has 1 aliphatic rings. The van der Waals surface area contributed by atoms with Gasteiger partial charge in [-0.05, 0) is 30.7 Å². The second kappa shape index (κ2) is 5.85. The summed E-state index contributed by atoms with van der Waals surface area (Å²) in [4.78, 5) is 15.7. The molecule has 0 aromatic rings. The first-order valence-electron chi connectivity index (χ1n) is 6.72. The van der Waals surface area contributed by atoms with E-state index in [4.69, 9.17) is 0 Å². The summed E-state index contributed by atoms with van der Waals surface area (Å²) in [5.74, 6) is 0.831. The van der Waals surface area contributed by atoms with Gasteiger partial charge >= 0.3 is 0 Å². The average molecular weight is 240 g/mol. The van der Waals surface area contributed by atoms with Gasteiger partial charge in [0.1, 0.15) is 0 Å². The summed E-state index contributed by atoms with van der Waals surface area (Å²) >= 11 is 0. The fourth-order valence-electron chi connectivity index (χ4n) is 2.63. The maximum atomic E-state index is 11.2. The molecule has 0 N–H and O–H groups in total. The lowest BCUT2D eigenvalue weighted by atomic mass is 9.92. The highest BCUT2D eigenvalue weighted by Crippen LogP contribution is 2.22. The highest BCUT2D eigenvalue weighted by molar-refractivity contribution is 5.72. The number of hydrogen-bond acceptors (Lipinski definition) is 2. The zero-order chi connectivity index (χ0) is 13.1. The number of carbonyl (C=O) groups is 1. The number of amides is 1. The molecule has 0 aromatic carbocycles. The summed E-state index contributed by atoms with van der Waals surface area (Å²) in [6.45, 7) is 13.0. The Bertz CT molecular complexity index is 257. The van der Waals surface area contributed by atoms with Crippen LogP contribution in [0.1, 0.15) is 40.5 Å². The number of likely N-dealkylation sites (tertiary alicyclic amines) is 1. The SMILES string of the molecule is CC(=O)N(C)C[C@H]1CCCN(CC(C)(C)C)C1. The van der Waals surface area contributed by atoms with Gasteiger partial charge in [-0.25, -0.2) is 0 Å². The van der Waals surface area contributed by atoms with E-state index in [9.17, 15) is 4.79 Å². The minimum Gasteiger partial charge on any atom is -0.346 e. The molecule has 1 amide bonds. The van der Waals surface area contributed by atoms with Gasteiger partial charge in [-0.1, -0.05) is 20.8 Å². The van der Waals surface area contributed by atoms with Crippen LogP contribution in [0.2, 0.25) is 0 Å². The second-order valence-electron chi connectivity index (χ2n) is 6.70. The smallest absolute Gasteiger partial charge is 0.219 e. The summed E-state index contributed by atoms with van der Waals surface area (Å²) in [5, 5.41) is 0. The van der Waals surface area contributed by atoms with Crippen molar-refractivity contribution in [2.45, 2.75) is 40.5 Å². The van der Waals surface area contributed by atoms with Gasteiger partial charge in [0.25, 0.3) is 0 Å². The lowest BCUT2D eigenvalue weighted by Crippen LogP contribution is -2.43. The molecular formula is C14H28N2O. The molecule has 0 spiro atoms. The van der Waals surface area contributed by atoms with Crippen molar-refractivity contribution in [1.29, 1.82) is 0 Å². The Labute approximate surface area is 106 Å². The van der Waals surface area contributed by atoms with E-state index in [1.807, 2.05) is 11.9 Å². The van der Waals surface area contributed by atoms with Crippen molar-refractivity contribution >= 4 is 5.91 Å². The van der Waals surface area contributed by atoms with E-state index in [0.717, 1.165) is 19.6 Å². The van der Waals surface area contributed by atoms with Crippen LogP contribution in [-0.2, 0) is 4.79 Å². The number of piperidine rings is 1. The second-order valence-corrected chi connectivity index (χ2v) is 6.70. The van der Waals surface area contributed by atoms with Crippen molar-refractivity contribution in [1.82, 2.24) is 9.80 Å². The predicted molar refractivity (Wildman–Crippen MR) is 71.9 cm³/mol. The first-order chi connectivity index (χ1) is 7.78. The van der Waals surface area contributed by atoms with Crippen molar-refractivity contribution in [3.05, 3.63) is 0 Å². The molecule has 3 heteroatoms.